The van der Waals surface area contributed by atoms with Crippen LogP contribution in [0.2, 0.25) is 0 Å². The Balaban J connectivity index is 0.000000133. The molecule has 0 aliphatic heterocycles. The highest BCUT2D eigenvalue weighted by molar-refractivity contribution is 6.27. The quantitative estimate of drug-likeness (QED) is 0.117. The summed E-state index contributed by atoms with van der Waals surface area (Å²) in [7, 11) is 0. The minimum Gasteiger partial charge on any atom is -0.456 e. The molecule has 0 radical (unpaired) electrons. The van der Waals surface area contributed by atoms with Gasteiger partial charge in [-0.25, -0.2) is 0 Å². The maximum Gasteiger partial charge on any atom is 0.136 e. The van der Waals surface area contributed by atoms with Gasteiger partial charge in [-0.05, 0) is 173 Å². The molecule has 19 aromatic rings. The standard InChI is InChI=1S/C46H28O.C40H24O/c1-2-10-29(11-3-1)30-20-22-32(23-21-30)43-36-15-4-6-17-38(36)44(39-18-7-5-16-37(39)43)34-14-8-13-33(28-34)35-26-27-42-46-40(35)25-24-31-12-9-19-41(47-42)45(31)46;1-2-9-26(10-3-1)37-30-12-4-6-14-32(30)38(33-15-7-5-13-31(33)37)28-19-17-25(18-20-28)29-23-24-36-40-34(29)22-21-27-11-8-16-35(41-36)39(27)40/h1-28H;1-24H. The van der Waals surface area contributed by atoms with Gasteiger partial charge in [0.25, 0.3) is 0 Å². The Labute approximate surface area is 507 Å². The van der Waals surface area contributed by atoms with Gasteiger partial charge < -0.3 is 8.83 Å². The average Bonchev–Trinajstić information content (AvgIpc) is 1.50. The van der Waals surface area contributed by atoms with E-state index in [1.807, 2.05) is 0 Å². The predicted molar refractivity (Wildman–Crippen MR) is 373 cm³/mol. The topological polar surface area (TPSA) is 26.3 Å². The summed E-state index contributed by atoms with van der Waals surface area (Å²) in [6, 6.07) is 114. The highest BCUT2D eigenvalue weighted by Crippen LogP contribution is 2.49. The average molecular weight is 1120 g/mol. The van der Waals surface area contributed by atoms with E-state index in [2.05, 4.69) is 315 Å². The number of rotatable bonds is 7. The molecule has 0 fully saturated rings. The van der Waals surface area contributed by atoms with Crippen molar-refractivity contribution in [3.05, 3.63) is 315 Å². The lowest BCUT2D eigenvalue weighted by Crippen LogP contribution is -1.91. The summed E-state index contributed by atoms with van der Waals surface area (Å²) >= 11 is 0. The van der Waals surface area contributed by atoms with Crippen LogP contribution in [-0.2, 0) is 0 Å². The van der Waals surface area contributed by atoms with E-state index >= 15 is 0 Å². The molecule has 0 unspecified atom stereocenters. The molecule has 0 saturated carbocycles. The van der Waals surface area contributed by atoms with Gasteiger partial charge in [0.1, 0.15) is 22.3 Å². The van der Waals surface area contributed by atoms with E-state index in [-0.39, 0.29) is 0 Å². The third-order valence-electron chi connectivity index (χ3n) is 18.5. The molecule has 0 N–H and O–H groups in total. The van der Waals surface area contributed by atoms with Gasteiger partial charge in [-0.1, -0.05) is 285 Å². The molecule has 0 saturated heterocycles. The van der Waals surface area contributed by atoms with Crippen molar-refractivity contribution in [2.24, 2.45) is 0 Å². The molecule has 17 aromatic carbocycles. The van der Waals surface area contributed by atoms with E-state index in [1.165, 1.54) is 164 Å². The summed E-state index contributed by atoms with van der Waals surface area (Å²) < 4.78 is 12.5. The summed E-state index contributed by atoms with van der Waals surface area (Å²) in [5.41, 5.74) is 21.1. The van der Waals surface area contributed by atoms with Gasteiger partial charge in [-0.15, -0.1) is 0 Å². The normalized spacial score (nSPS) is 11.9. The van der Waals surface area contributed by atoms with Crippen LogP contribution in [0, 0.1) is 0 Å². The van der Waals surface area contributed by atoms with Gasteiger partial charge in [0, 0.05) is 21.5 Å². The first-order valence-corrected chi connectivity index (χ1v) is 30.3. The van der Waals surface area contributed by atoms with Crippen molar-refractivity contribution in [3.8, 4) is 77.9 Å². The molecule has 0 aliphatic rings. The summed E-state index contributed by atoms with van der Waals surface area (Å²) in [6.07, 6.45) is 0. The molecular weight excluding hydrogens is 1060 g/mol. The first-order valence-electron chi connectivity index (χ1n) is 30.3. The van der Waals surface area contributed by atoms with Crippen LogP contribution in [0.1, 0.15) is 0 Å². The fourth-order valence-corrected chi connectivity index (χ4v) is 14.6. The minimum absolute atomic E-state index is 0.941. The number of hydrogen-bond acceptors (Lipinski definition) is 2. The second kappa shape index (κ2) is 20.0. The van der Waals surface area contributed by atoms with Gasteiger partial charge in [-0.3, -0.25) is 0 Å². The molecule has 88 heavy (non-hydrogen) atoms. The molecule has 0 aliphatic carbocycles. The lowest BCUT2D eigenvalue weighted by Gasteiger charge is -2.18. The fraction of sp³-hybridized carbons (Fsp3) is 0. The Kier molecular flexibility index (Phi) is 11.3. The molecule has 0 amide bonds. The maximum absolute atomic E-state index is 6.27. The van der Waals surface area contributed by atoms with E-state index in [0.717, 1.165) is 22.3 Å². The lowest BCUT2D eigenvalue weighted by molar-refractivity contribution is 0.669. The van der Waals surface area contributed by atoms with Crippen LogP contribution in [0.25, 0.3) is 186 Å². The summed E-state index contributed by atoms with van der Waals surface area (Å²) in [5.74, 6) is 0. The van der Waals surface area contributed by atoms with Gasteiger partial charge in [-0.2, -0.15) is 0 Å². The van der Waals surface area contributed by atoms with E-state index in [4.69, 9.17) is 8.83 Å². The summed E-state index contributed by atoms with van der Waals surface area (Å²) in [4.78, 5) is 0. The van der Waals surface area contributed by atoms with E-state index in [0.29, 0.717) is 0 Å². The Morgan fingerprint density at radius 1 is 0.159 bits per heavy atom. The zero-order valence-corrected chi connectivity index (χ0v) is 47.8. The van der Waals surface area contributed by atoms with Gasteiger partial charge in [0.05, 0.1) is 0 Å². The Morgan fingerprint density at radius 3 is 0.909 bits per heavy atom. The molecule has 2 nitrogen and oxygen atoms in total. The highest BCUT2D eigenvalue weighted by Gasteiger charge is 2.22. The van der Waals surface area contributed by atoms with Crippen LogP contribution in [-0.4, -0.2) is 0 Å². The van der Waals surface area contributed by atoms with Gasteiger partial charge >= 0.3 is 0 Å². The Hall–Kier alpha value is -11.6. The van der Waals surface area contributed by atoms with Gasteiger partial charge in [0.15, 0.2) is 0 Å². The number of furan rings is 2. The lowest BCUT2D eigenvalue weighted by atomic mass is 9.85. The molecular formula is C86H52O2. The summed E-state index contributed by atoms with van der Waals surface area (Å²) in [5, 5.41) is 19.9. The zero-order chi connectivity index (χ0) is 57.8. The number of benzene rings is 17. The van der Waals surface area contributed by atoms with Crippen molar-refractivity contribution in [1.82, 2.24) is 0 Å². The second-order valence-electron chi connectivity index (χ2n) is 23.3. The third kappa shape index (κ3) is 7.83. The van der Waals surface area contributed by atoms with Crippen LogP contribution in [0.5, 0.6) is 0 Å². The van der Waals surface area contributed by atoms with Crippen LogP contribution < -0.4 is 0 Å². The molecule has 408 valence electrons. The molecule has 0 bridgehead atoms. The van der Waals surface area contributed by atoms with E-state index in [9.17, 15) is 0 Å². The van der Waals surface area contributed by atoms with Gasteiger partial charge in [0.2, 0.25) is 0 Å². The molecule has 2 heteroatoms. The van der Waals surface area contributed by atoms with E-state index in [1.54, 1.807) is 0 Å². The van der Waals surface area contributed by atoms with E-state index < -0.39 is 0 Å². The Morgan fingerprint density at radius 2 is 0.466 bits per heavy atom. The van der Waals surface area contributed by atoms with Crippen molar-refractivity contribution >= 4 is 109 Å². The van der Waals surface area contributed by atoms with Crippen molar-refractivity contribution in [3.63, 3.8) is 0 Å². The van der Waals surface area contributed by atoms with Crippen LogP contribution in [0.3, 0.4) is 0 Å². The van der Waals surface area contributed by atoms with Crippen LogP contribution >= 0.6 is 0 Å². The maximum atomic E-state index is 6.27. The summed E-state index contributed by atoms with van der Waals surface area (Å²) in [6.45, 7) is 0. The largest absolute Gasteiger partial charge is 0.456 e. The minimum atomic E-state index is 0.941. The van der Waals surface area contributed by atoms with Crippen LogP contribution in [0.15, 0.2) is 324 Å². The zero-order valence-electron chi connectivity index (χ0n) is 47.8. The molecule has 0 spiro atoms. The van der Waals surface area contributed by atoms with Crippen molar-refractivity contribution in [2.45, 2.75) is 0 Å². The van der Waals surface area contributed by atoms with Crippen LogP contribution in [0.4, 0.5) is 0 Å². The first kappa shape index (κ1) is 49.8. The molecule has 19 rings (SSSR count). The highest BCUT2D eigenvalue weighted by atomic mass is 16.3. The van der Waals surface area contributed by atoms with Crippen molar-refractivity contribution in [2.75, 3.05) is 0 Å². The first-order chi connectivity index (χ1) is 43.7. The van der Waals surface area contributed by atoms with Crippen molar-refractivity contribution in [1.29, 1.82) is 0 Å². The fourth-order valence-electron chi connectivity index (χ4n) is 14.6. The molecule has 0 atom stereocenters. The number of hydrogen-bond donors (Lipinski definition) is 0. The third-order valence-corrected chi connectivity index (χ3v) is 18.5. The monoisotopic (exact) mass is 1120 g/mol. The molecule has 2 aromatic heterocycles. The second-order valence-corrected chi connectivity index (χ2v) is 23.3. The van der Waals surface area contributed by atoms with Crippen molar-refractivity contribution < 1.29 is 8.83 Å². The smallest absolute Gasteiger partial charge is 0.136 e. The SMILES string of the molecule is c1ccc(-c2c3ccccc3c(-c3ccc(-c4ccc5oc6cccc7ccc4c5c76)cc3)c3ccccc23)cc1.c1ccc(-c2ccc(-c3c4ccccc4c(-c4cccc(-c5ccc6oc7cccc8ccc5c6c87)c4)c4ccccc34)cc2)cc1. The Bertz CT molecular complexity index is 5780. The molecule has 2 heterocycles. The predicted octanol–water partition coefficient (Wildman–Crippen LogP) is 24.6. The number of fused-ring (bicyclic) bond motifs is 4.